The number of carbonyl (C=O) groups is 1. The predicted molar refractivity (Wildman–Crippen MR) is 51.9 cm³/mol. The summed E-state index contributed by atoms with van der Waals surface area (Å²) < 4.78 is 65.5. The van der Waals surface area contributed by atoms with Crippen molar-refractivity contribution in [3.05, 3.63) is 23.0 Å². The fraction of sp³-hybridized carbons (Fsp3) is 0.300. The van der Waals surface area contributed by atoms with Crippen molar-refractivity contribution in [3.8, 4) is 11.8 Å². The smallest absolute Gasteiger partial charge is 0.481 e. The number of aliphatic carboxylic acids is 1. The largest absolute Gasteiger partial charge is 0.573 e. The van der Waals surface area contributed by atoms with Crippen LogP contribution in [0.15, 0.2) is 6.20 Å². The molecule has 0 aliphatic rings. The molecule has 1 N–H and O–H groups in total. The lowest BCUT2D eigenvalue weighted by Gasteiger charge is -2.16. The first-order valence-electron chi connectivity index (χ1n) is 4.83. The van der Waals surface area contributed by atoms with Crippen molar-refractivity contribution in [1.82, 2.24) is 4.98 Å². The number of carboxylic acid groups (broad SMARTS) is 1. The van der Waals surface area contributed by atoms with Gasteiger partial charge >= 0.3 is 12.3 Å². The van der Waals surface area contributed by atoms with Gasteiger partial charge in [-0.15, -0.1) is 13.2 Å². The standard InChI is InChI=1S/C10H5F5N2O3/c11-9(12)5-3-17-6(2-16)8(20-10(13,14)15)4(5)1-7(18)19/h3,9H,1H2,(H,18,19). The molecule has 108 valence electrons. The van der Waals surface area contributed by atoms with E-state index in [1.807, 2.05) is 0 Å². The number of carboxylic acids is 1. The van der Waals surface area contributed by atoms with Crippen LogP contribution in [-0.2, 0) is 11.2 Å². The Morgan fingerprint density at radius 1 is 1.50 bits per heavy atom. The molecule has 0 spiro atoms. The van der Waals surface area contributed by atoms with Gasteiger partial charge in [-0.2, -0.15) is 5.26 Å². The Morgan fingerprint density at radius 2 is 2.10 bits per heavy atom. The number of hydrogen-bond acceptors (Lipinski definition) is 4. The fourth-order valence-corrected chi connectivity index (χ4v) is 1.37. The van der Waals surface area contributed by atoms with E-state index in [1.165, 1.54) is 6.07 Å². The number of aromatic nitrogens is 1. The van der Waals surface area contributed by atoms with Crippen molar-refractivity contribution >= 4 is 5.97 Å². The van der Waals surface area contributed by atoms with Crippen LogP contribution < -0.4 is 4.74 Å². The zero-order chi connectivity index (χ0) is 15.5. The Balaban J connectivity index is 3.52. The number of hydrogen-bond donors (Lipinski definition) is 1. The van der Waals surface area contributed by atoms with Crippen molar-refractivity contribution in [2.45, 2.75) is 19.2 Å². The van der Waals surface area contributed by atoms with Crippen LogP contribution in [0.4, 0.5) is 22.0 Å². The lowest BCUT2D eigenvalue weighted by molar-refractivity contribution is -0.275. The Labute approximate surface area is 108 Å². The molecule has 0 saturated carbocycles. The van der Waals surface area contributed by atoms with Gasteiger partial charge in [-0.1, -0.05) is 0 Å². The van der Waals surface area contributed by atoms with Gasteiger partial charge in [-0.05, 0) is 0 Å². The quantitative estimate of drug-likeness (QED) is 0.863. The van der Waals surface area contributed by atoms with Crippen molar-refractivity contribution in [1.29, 1.82) is 5.26 Å². The second-order valence-electron chi connectivity index (χ2n) is 3.40. The van der Waals surface area contributed by atoms with Crippen LogP contribution in [0.3, 0.4) is 0 Å². The van der Waals surface area contributed by atoms with E-state index in [0.29, 0.717) is 6.20 Å². The minimum Gasteiger partial charge on any atom is -0.481 e. The molecule has 0 unspecified atom stereocenters. The summed E-state index contributed by atoms with van der Waals surface area (Å²) in [5.41, 5.74) is -2.90. The van der Waals surface area contributed by atoms with Gasteiger partial charge in [0.2, 0.25) is 0 Å². The van der Waals surface area contributed by atoms with Gasteiger partial charge in [-0.25, -0.2) is 13.8 Å². The van der Waals surface area contributed by atoms with Crippen molar-refractivity contribution < 1.29 is 36.6 Å². The third-order valence-electron chi connectivity index (χ3n) is 2.06. The predicted octanol–water partition coefficient (Wildman–Crippen LogP) is 2.42. The average Bonchev–Trinajstić information content (AvgIpc) is 2.28. The summed E-state index contributed by atoms with van der Waals surface area (Å²) in [5, 5.41) is 17.2. The summed E-state index contributed by atoms with van der Waals surface area (Å²) in [7, 11) is 0. The number of rotatable bonds is 4. The van der Waals surface area contributed by atoms with Crippen LogP contribution in [0.25, 0.3) is 0 Å². The second kappa shape index (κ2) is 5.68. The van der Waals surface area contributed by atoms with Gasteiger partial charge < -0.3 is 9.84 Å². The highest BCUT2D eigenvalue weighted by molar-refractivity contribution is 5.72. The Hall–Kier alpha value is -2.44. The van der Waals surface area contributed by atoms with Gasteiger partial charge in [0.05, 0.1) is 6.42 Å². The molecule has 1 aromatic heterocycles. The van der Waals surface area contributed by atoms with Gasteiger partial charge in [0.1, 0.15) is 6.07 Å². The fourth-order valence-electron chi connectivity index (χ4n) is 1.37. The van der Waals surface area contributed by atoms with E-state index in [4.69, 9.17) is 10.4 Å². The summed E-state index contributed by atoms with van der Waals surface area (Å²) in [6, 6.07) is 1.22. The van der Waals surface area contributed by atoms with E-state index >= 15 is 0 Å². The molecule has 20 heavy (non-hydrogen) atoms. The van der Waals surface area contributed by atoms with Crippen LogP contribution >= 0.6 is 0 Å². The van der Waals surface area contributed by atoms with Gasteiger partial charge in [0, 0.05) is 17.3 Å². The number of alkyl halides is 5. The van der Waals surface area contributed by atoms with Crippen LogP contribution in [-0.4, -0.2) is 22.4 Å². The summed E-state index contributed by atoms with van der Waals surface area (Å²) in [6.45, 7) is 0. The minimum atomic E-state index is -5.28. The molecule has 0 atom stereocenters. The van der Waals surface area contributed by atoms with Crippen LogP contribution in [0.1, 0.15) is 23.2 Å². The van der Waals surface area contributed by atoms with Crippen molar-refractivity contribution in [3.63, 3.8) is 0 Å². The number of halogens is 5. The molecule has 0 saturated heterocycles. The van der Waals surface area contributed by atoms with Crippen LogP contribution in [0, 0.1) is 11.3 Å². The van der Waals surface area contributed by atoms with Crippen LogP contribution in [0.5, 0.6) is 5.75 Å². The molecule has 0 radical (unpaired) electrons. The lowest BCUT2D eigenvalue weighted by atomic mass is 10.0. The highest BCUT2D eigenvalue weighted by Crippen LogP contribution is 2.35. The first kappa shape index (κ1) is 15.6. The minimum absolute atomic E-state index is 0.449. The molecule has 0 aliphatic carbocycles. The molecule has 1 aromatic rings. The Kier molecular flexibility index (Phi) is 4.44. The van der Waals surface area contributed by atoms with E-state index < -0.39 is 47.7 Å². The molecule has 1 heterocycles. The third kappa shape index (κ3) is 3.78. The highest BCUT2D eigenvalue weighted by atomic mass is 19.4. The SMILES string of the molecule is N#Cc1ncc(C(F)F)c(CC(=O)O)c1OC(F)(F)F. The summed E-state index contributed by atoms with van der Waals surface area (Å²) in [6.07, 6.45) is -9.26. The van der Waals surface area contributed by atoms with Gasteiger partial charge in [-0.3, -0.25) is 4.79 Å². The molecular formula is C10H5F5N2O3. The first-order chi connectivity index (χ1) is 9.15. The molecule has 5 nitrogen and oxygen atoms in total. The van der Waals surface area contributed by atoms with E-state index in [9.17, 15) is 26.7 Å². The molecular weight excluding hydrogens is 291 g/mol. The Morgan fingerprint density at radius 3 is 2.50 bits per heavy atom. The lowest BCUT2D eigenvalue weighted by Crippen LogP contribution is -2.21. The summed E-state index contributed by atoms with van der Waals surface area (Å²) in [4.78, 5) is 13.7. The number of nitrogens with zero attached hydrogens (tertiary/aromatic N) is 2. The topological polar surface area (TPSA) is 83.2 Å². The third-order valence-corrected chi connectivity index (χ3v) is 2.06. The maximum atomic E-state index is 12.7. The van der Waals surface area contributed by atoms with E-state index in [1.54, 1.807) is 0 Å². The van der Waals surface area contributed by atoms with E-state index in [-0.39, 0.29) is 0 Å². The second-order valence-corrected chi connectivity index (χ2v) is 3.40. The van der Waals surface area contributed by atoms with Gasteiger partial charge in [0.15, 0.2) is 11.4 Å². The maximum absolute atomic E-state index is 12.7. The number of pyridine rings is 1. The number of nitriles is 1. The van der Waals surface area contributed by atoms with Crippen molar-refractivity contribution in [2.24, 2.45) is 0 Å². The molecule has 0 bridgehead atoms. The van der Waals surface area contributed by atoms with E-state index in [2.05, 4.69) is 9.72 Å². The van der Waals surface area contributed by atoms with Gasteiger partial charge in [0.25, 0.3) is 6.43 Å². The molecule has 0 aromatic carbocycles. The molecule has 0 aliphatic heterocycles. The zero-order valence-electron chi connectivity index (χ0n) is 9.41. The highest BCUT2D eigenvalue weighted by Gasteiger charge is 2.35. The molecule has 1 rings (SSSR count). The molecule has 10 heteroatoms. The summed E-state index contributed by atoms with van der Waals surface area (Å²) >= 11 is 0. The summed E-state index contributed by atoms with van der Waals surface area (Å²) in [5.74, 6) is -2.98. The number of ether oxygens (including phenoxy) is 1. The Bertz CT molecular complexity index is 565. The maximum Gasteiger partial charge on any atom is 0.573 e. The normalized spacial score (nSPS) is 11.2. The van der Waals surface area contributed by atoms with E-state index in [0.717, 1.165) is 0 Å². The van der Waals surface area contributed by atoms with Crippen LogP contribution in [0.2, 0.25) is 0 Å². The van der Waals surface area contributed by atoms with Crippen molar-refractivity contribution in [2.75, 3.05) is 0 Å². The molecule has 0 amide bonds. The monoisotopic (exact) mass is 296 g/mol. The first-order valence-corrected chi connectivity index (χ1v) is 4.83. The molecule has 0 fully saturated rings. The zero-order valence-corrected chi connectivity index (χ0v) is 9.41. The average molecular weight is 296 g/mol.